The first-order valence-corrected chi connectivity index (χ1v) is 6.54. The molecule has 0 amide bonds. The standard InChI is InChI=1S/C16H12N2O4/c1-22-16(19)15-10-17-8-2-3-13(17)9-14(15)11-4-6-12(7-5-11)18(20)21/h2-10H,1H3. The van der Waals surface area contributed by atoms with Crippen molar-refractivity contribution in [2.24, 2.45) is 0 Å². The number of nitro benzene ring substituents is 1. The predicted molar refractivity (Wildman–Crippen MR) is 80.8 cm³/mol. The van der Waals surface area contributed by atoms with Crippen LogP contribution in [0, 0.1) is 10.1 Å². The van der Waals surface area contributed by atoms with Gasteiger partial charge in [0.2, 0.25) is 0 Å². The Balaban J connectivity index is 2.18. The maximum Gasteiger partial charge on any atom is 0.339 e. The van der Waals surface area contributed by atoms with E-state index in [9.17, 15) is 14.9 Å². The second-order valence-electron chi connectivity index (χ2n) is 4.74. The minimum atomic E-state index is -0.457. The highest BCUT2D eigenvalue weighted by Crippen LogP contribution is 2.28. The summed E-state index contributed by atoms with van der Waals surface area (Å²) in [5.74, 6) is -0.455. The predicted octanol–water partition coefficient (Wildman–Crippen LogP) is 3.30. The molecular formula is C16H12N2O4. The number of fused-ring (bicyclic) bond motifs is 1. The summed E-state index contributed by atoms with van der Waals surface area (Å²) in [4.78, 5) is 22.3. The first kappa shape index (κ1) is 13.8. The van der Waals surface area contributed by atoms with E-state index in [-0.39, 0.29) is 5.69 Å². The SMILES string of the molecule is COC(=O)c1cn2cccc2cc1-c1ccc([N+](=O)[O-])cc1. The molecule has 0 fully saturated rings. The van der Waals surface area contributed by atoms with Gasteiger partial charge in [-0.3, -0.25) is 10.1 Å². The van der Waals surface area contributed by atoms with Gasteiger partial charge in [0.05, 0.1) is 17.6 Å². The van der Waals surface area contributed by atoms with Crippen LogP contribution < -0.4 is 0 Å². The molecule has 1 aromatic carbocycles. The van der Waals surface area contributed by atoms with E-state index < -0.39 is 10.9 Å². The fraction of sp³-hybridized carbons (Fsp3) is 0.0625. The number of esters is 1. The highest BCUT2D eigenvalue weighted by atomic mass is 16.6. The maximum atomic E-state index is 12.0. The van der Waals surface area contributed by atoms with Crippen LogP contribution in [0.3, 0.4) is 0 Å². The molecule has 0 atom stereocenters. The molecule has 0 aliphatic carbocycles. The number of pyridine rings is 1. The molecule has 0 N–H and O–H groups in total. The largest absolute Gasteiger partial charge is 0.465 e. The van der Waals surface area contributed by atoms with Crippen LogP contribution in [-0.4, -0.2) is 22.4 Å². The number of nitro groups is 1. The molecule has 3 rings (SSSR count). The highest BCUT2D eigenvalue weighted by molar-refractivity contribution is 5.98. The minimum Gasteiger partial charge on any atom is -0.465 e. The van der Waals surface area contributed by atoms with Crippen LogP contribution in [0.1, 0.15) is 10.4 Å². The molecular weight excluding hydrogens is 284 g/mol. The first-order valence-electron chi connectivity index (χ1n) is 6.54. The lowest BCUT2D eigenvalue weighted by Crippen LogP contribution is -2.05. The smallest absolute Gasteiger partial charge is 0.339 e. The molecule has 0 spiro atoms. The molecule has 0 radical (unpaired) electrons. The zero-order valence-corrected chi connectivity index (χ0v) is 11.7. The number of benzene rings is 1. The molecule has 0 aliphatic rings. The van der Waals surface area contributed by atoms with E-state index in [2.05, 4.69) is 0 Å². The van der Waals surface area contributed by atoms with E-state index in [0.717, 1.165) is 11.1 Å². The Morgan fingerprint density at radius 1 is 1.23 bits per heavy atom. The summed E-state index contributed by atoms with van der Waals surface area (Å²) in [7, 11) is 1.32. The Morgan fingerprint density at radius 3 is 2.59 bits per heavy atom. The normalized spacial score (nSPS) is 10.6. The third-order valence-corrected chi connectivity index (χ3v) is 3.46. The summed E-state index contributed by atoms with van der Waals surface area (Å²) in [6, 6.07) is 11.7. The van der Waals surface area contributed by atoms with Gasteiger partial charge in [0.1, 0.15) is 0 Å². The van der Waals surface area contributed by atoms with Crippen molar-refractivity contribution in [1.82, 2.24) is 4.40 Å². The van der Waals surface area contributed by atoms with Crippen molar-refractivity contribution in [1.29, 1.82) is 0 Å². The number of methoxy groups -OCH3 is 1. The maximum absolute atomic E-state index is 12.0. The van der Waals surface area contributed by atoms with Gasteiger partial charge in [0.15, 0.2) is 0 Å². The van der Waals surface area contributed by atoms with Crippen LogP contribution >= 0.6 is 0 Å². The molecule has 6 nitrogen and oxygen atoms in total. The lowest BCUT2D eigenvalue weighted by atomic mass is 10.0. The van der Waals surface area contributed by atoms with Crippen molar-refractivity contribution in [3.63, 3.8) is 0 Å². The van der Waals surface area contributed by atoms with Crippen LogP contribution in [-0.2, 0) is 4.74 Å². The lowest BCUT2D eigenvalue weighted by molar-refractivity contribution is -0.384. The number of hydrogen-bond acceptors (Lipinski definition) is 4. The van der Waals surface area contributed by atoms with Gasteiger partial charge in [0, 0.05) is 30.0 Å². The second kappa shape index (κ2) is 5.33. The average Bonchev–Trinajstić information content (AvgIpc) is 3.00. The molecule has 6 heteroatoms. The molecule has 2 heterocycles. The van der Waals surface area contributed by atoms with Crippen molar-refractivity contribution < 1.29 is 14.5 Å². The van der Waals surface area contributed by atoms with Crippen LogP contribution in [0.2, 0.25) is 0 Å². The van der Waals surface area contributed by atoms with Crippen LogP contribution in [0.15, 0.2) is 54.9 Å². The summed E-state index contributed by atoms with van der Waals surface area (Å²) in [5, 5.41) is 10.7. The number of nitrogens with zero attached hydrogens (tertiary/aromatic N) is 2. The van der Waals surface area contributed by atoms with E-state index in [4.69, 9.17) is 4.74 Å². The van der Waals surface area contributed by atoms with Crippen LogP contribution in [0.5, 0.6) is 0 Å². The first-order chi connectivity index (χ1) is 10.6. The molecule has 0 saturated carbocycles. The molecule has 3 aromatic rings. The number of non-ortho nitro benzene ring substituents is 1. The third kappa shape index (κ3) is 2.31. The zero-order chi connectivity index (χ0) is 15.7. The quantitative estimate of drug-likeness (QED) is 0.422. The molecule has 2 aromatic heterocycles. The fourth-order valence-corrected chi connectivity index (χ4v) is 2.36. The molecule has 0 bridgehead atoms. The van der Waals surface area contributed by atoms with Gasteiger partial charge in [-0.1, -0.05) is 0 Å². The van der Waals surface area contributed by atoms with Crippen LogP contribution in [0.25, 0.3) is 16.6 Å². The van der Waals surface area contributed by atoms with Crippen molar-refractivity contribution in [3.05, 3.63) is 70.5 Å². The zero-order valence-electron chi connectivity index (χ0n) is 11.7. The van der Waals surface area contributed by atoms with E-state index in [1.54, 1.807) is 18.3 Å². The van der Waals surface area contributed by atoms with E-state index in [1.165, 1.54) is 19.2 Å². The number of aromatic nitrogens is 1. The average molecular weight is 296 g/mol. The van der Waals surface area contributed by atoms with Gasteiger partial charge in [-0.05, 0) is 41.5 Å². The Kier molecular flexibility index (Phi) is 3.34. The van der Waals surface area contributed by atoms with E-state index in [0.29, 0.717) is 11.1 Å². The molecule has 0 saturated heterocycles. The number of carbonyl (C=O) groups is 1. The summed E-state index contributed by atoms with van der Waals surface area (Å²) < 4.78 is 6.65. The van der Waals surface area contributed by atoms with E-state index >= 15 is 0 Å². The number of ether oxygens (including phenoxy) is 1. The fourth-order valence-electron chi connectivity index (χ4n) is 2.36. The van der Waals surface area contributed by atoms with Gasteiger partial charge >= 0.3 is 5.97 Å². The van der Waals surface area contributed by atoms with Gasteiger partial charge in [-0.25, -0.2) is 4.79 Å². The monoisotopic (exact) mass is 296 g/mol. The van der Waals surface area contributed by atoms with Gasteiger partial charge in [-0.2, -0.15) is 0 Å². The van der Waals surface area contributed by atoms with Crippen molar-refractivity contribution >= 4 is 17.2 Å². The summed E-state index contributed by atoms with van der Waals surface area (Å²) >= 11 is 0. The third-order valence-electron chi connectivity index (χ3n) is 3.46. The van der Waals surface area contributed by atoms with Gasteiger partial charge < -0.3 is 9.14 Å². The van der Waals surface area contributed by atoms with Gasteiger partial charge in [0.25, 0.3) is 5.69 Å². The molecule has 0 aliphatic heterocycles. The highest BCUT2D eigenvalue weighted by Gasteiger charge is 2.16. The van der Waals surface area contributed by atoms with Gasteiger partial charge in [-0.15, -0.1) is 0 Å². The number of hydrogen-bond donors (Lipinski definition) is 0. The van der Waals surface area contributed by atoms with Crippen molar-refractivity contribution in [3.8, 4) is 11.1 Å². The molecule has 0 unspecified atom stereocenters. The Labute approximate surface area is 125 Å². The number of carbonyl (C=O) groups excluding carboxylic acids is 1. The number of rotatable bonds is 3. The minimum absolute atomic E-state index is 0.00660. The van der Waals surface area contributed by atoms with Crippen molar-refractivity contribution in [2.75, 3.05) is 7.11 Å². The van der Waals surface area contributed by atoms with E-state index in [1.807, 2.05) is 28.8 Å². The topological polar surface area (TPSA) is 73.8 Å². The lowest BCUT2D eigenvalue weighted by Gasteiger charge is -2.10. The Bertz CT molecular complexity index is 865. The summed E-state index contributed by atoms with van der Waals surface area (Å²) in [6.45, 7) is 0. The molecule has 22 heavy (non-hydrogen) atoms. The summed E-state index contributed by atoms with van der Waals surface area (Å²) in [5.41, 5.74) is 2.72. The Morgan fingerprint density at radius 2 is 1.95 bits per heavy atom. The second-order valence-corrected chi connectivity index (χ2v) is 4.74. The Hall–Kier alpha value is -3.15. The summed E-state index contributed by atoms with van der Waals surface area (Å²) in [6.07, 6.45) is 3.53. The molecule has 110 valence electrons. The van der Waals surface area contributed by atoms with Crippen LogP contribution in [0.4, 0.5) is 5.69 Å². The van der Waals surface area contributed by atoms with Crippen molar-refractivity contribution in [2.45, 2.75) is 0 Å².